The third-order valence-corrected chi connectivity index (χ3v) is 4.77. The topological polar surface area (TPSA) is 86.0 Å². The second-order valence-corrected chi connectivity index (χ2v) is 6.54. The summed E-state index contributed by atoms with van der Waals surface area (Å²) < 4.78 is 15.8. The van der Waals surface area contributed by atoms with Crippen LogP contribution in [0, 0.1) is 5.92 Å². The molecule has 0 saturated carbocycles. The van der Waals surface area contributed by atoms with Crippen molar-refractivity contribution in [2.24, 2.45) is 5.92 Å². The number of ether oxygens (including phenoxy) is 2. The number of carbonyl (C=O) groups is 2. The van der Waals surface area contributed by atoms with Gasteiger partial charge >= 0.3 is 11.9 Å². The Kier molecular flexibility index (Phi) is 5.46. The van der Waals surface area contributed by atoms with E-state index in [4.69, 9.17) is 13.9 Å². The molecular weight excluding hydrogens is 348 g/mol. The van der Waals surface area contributed by atoms with Crippen molar-refractivity contribution in [3.63, 3.8) is 0 Å². The summed E-state index contributed by atoms with van der Waals surface area (Å²) in [5.41, 5.74) is -0.0549. The quantitative estimate of drug-likeness (QED) is 0.642. The Hall–Kier alpha value is -2.86. The van der Waals surface area contributed by atoms with E-state index in [1.165, 1.54) is 12.5 Å². The Balaban J connectivity index is 1.91. The highest BCUT2D eigenvalue weighted by Gasteiger charge is 2.49. The van der Waals surface area contributed by atoms with Gasteiger partial charge in [0.15, 0.2) is 0 Å². The van der Waals surface area contributed by atoms with Gasteiger partial charge in [-0.05, 0) is 37.6 Å². The molecule has 1 N–H and O–H groups in total. The molecular formula is C21H22O6. The van der Waals surface area contributed by atoms with Crippen molar-refractivity contribution in [1.29, 1.82) is 0 Å². The van der Waals surface area contributed by atoms with Gasteiger partial charge in [0.25, 0.3) is 0 Å². The zero-order valence-corrected chi connectivity index (χ0v) is 15.3. The lowest BCUT2D eigenvalue weighted by Crippen LogP contribution is -2.46. The van der Waals surface area contributed by atoms with E-state index >= 15 is 0 Å². The number of hydrogen-bond acceptors (Lipinski definition) is 6. The van der Waals surface area contributed by atoms with Crippen LogP contribution in [0.25, 0.3) is 0 Å². The van der Waals surface area contributed by atoms with Gasteiger partial charge in [-0.3, -0.25) is 4.79 Å². The van der Waals surface area contributed by atoms with E-state index in [0.29, 0.717) is 16.7 Å². The molecule has 1 aromatic heterocycles. The summed E-state index contributed by atoms with van der Waals surface area (Å²) in [5.74, 6) is -1.94. The summed E-state index contributed by atoms with van der Waals surface area (Å²) in [5, 5.41) is 11.4. The van der Waals surface area contributed by atoms with E-state index in [2.05, 4.69) is 0 Å². The predicted octanol–water partition coefficient (Wildman–Crippen LogP) is 3.22. The molecule has 2 aromatic rings. The third kappa shape index (κ3) is 3.80. The van der Waals surface area contributed by atoms with E-state index in [0.717, 1.165) is 0 Å². The molecule has 3 atom stereocenters. The number of rotatable bonds is 5. The standard InChI is InChI=1S/C21H22O6/c1-3-26-20(23)17-11-14(2)18(12-21(17,24)16-9-10-25-13-16)27-19(22)15-7-5-4-6-8-15/h4-11,13,17-18,24H,3,12H2,1-2H3/t17-,18-,21+/m0/s1. The Morgan fingerprint density at radius 3 is 2.63 bits per heavy atom. The summed E-state index contributed by atoms with van der Waals surface area (Å²) in [7, 11) is 0. The van der Waals surface area contributed by atoms with Crippen LogP contribution in [0.2, 0.25) is 0 Å². The first-order valence-electron chi connectivity index (χ1n) is 8.81. The van der Waals surface area contributed by atoms with Gasteiger partial charge in [0.05, 0.1) is 24.7 Å². The van der Waals surface area contributed by atoms with Crippen LogP contribution in [-0.2, 0) is 19.9 Å². The fraction of sp³-hybridized carbons (Fsp3) is 0.333. The molecule has 0 fully saturated rings. The van der Waals surface area contributed by atoms with E-state index in [1.807, 2.05) is 6.07 Å². The minimum Gasteiger partial charge on any atom is -0.472 e. The molecule has 0 radical (unpaired) electrons. The Morgan fingerprint density at radius 1 is 1.26 bits per heavy atom. The fourth-order valence-electron chi connectivity index (χ4n) is 3.29. The first kappa shape index (κ1) is 18.9. The molecule has 6 nitrogen and oxygen atoms in total. The number of hydrogen-bond donors (Lipinski definition) is 1. The molecule has 0 amide bonds. The Bertz CT molecular complexity index is 824. The van der Waals surface area contributed by atoms with Crippen LogP contribution in [0.3, 0.4) is 0 Å². The molecule has 27 heavy (non-hydrogen) atoms. The van der Waals surface area contributed by atoms with Gasteiger partial charge in [-0.1, -0.05) is 24.3 Å². The molecule has 1 aliphatic carbocycles. The van der Waals surface area contributed by atoms with Crippen molar-refractivity contribution in [2.75, 3.05) is 6.61 Å². The van der Waals surface area contributed by atoms with Crippen molar-refractivity contribution < 1.29 is 28.6 Å². The first-order chi connectivity index (χ1) is 13.0. The summed E-state index contributed by atoms with van der Waals surface area (Å²) in [4.78, 5) is 24.9. The summed E-state index contributed by atoms with van der Waals surface area (Å²) >= 11 is 0. The van der Waals surface area contributed by atoms with Crippen molar-refractivity contribution in [1.82, 2.24) is 0 Å². The van der Waals surface area contributed by atoms with Gasteiger partial charge in [0.1, 0.15) is 17.6 Å². The lowest BCUT2D eigenvalue weighted by molar-refractivity contribution is -0.158. The number of benzene rings is 1. The fourth-order valence-corrected chi connectivity index (χ4v) is 3.29. The molecule has 0 aliphatic heterocycles. The van der Waals surface area contributed by atoms with Crippen LogP contribution in [0.15, 0.2) is 65.0 Å². The van der Waals surface area contributed by atoms with Gasteiger partial charge in [-0.15, -0.1) is 0 Å². The summed E-state index contributed by atoms with van der Waals surface area (Å²) in [6, 6.07) is 10.2. The highest BCUT2D eigenvalue weighted by atomic mass is 16.5. The predicted molar refractivity (Wildman–Crippen MR) is 96.7 cm³/mol. The van der Waals surface area contributed by atoms with Gasteiger partial charge in [-0.25, -0.2) is 4.79 Å². The SMILES string of the molecule is CCOC(=O)[C@@H]1C=C(C)[C@@H](OC(=O)c2ccccc2)C[C@@]1(O)c1ccoc1. The molecule has 0 spiro atoms. The molecule has 0 bridgehead atoms. The Labute approximate surface area is 157 Å². The summed E-state index contributed by atoms with van der Waals surface area (Å²) in [6.07, 6.45) is 3.76. The molecule has 142 valence electrons. The van der Waals surface area contributed by atoms with E-state index in [-0.39, 0.29) is 13.0 Å². The third-order valence-electron chi connectivity index (χ3n) is 4.77. The van der Waals surface area contributed by atoms with E-state index in [1.54, 1.807) is 50.3 Å². The highest BCUT2D eigenvalue weighted by molar-refractivity contribution is 5.89. The molecule has 6 heteroatoms. The minimum atomic E-state index is -1.60. The number of esters is 2. The minimum absolute atomic E-state index is 0.0247. The molecule has 1 heterocycles. The van der Waals surface area contributed by atoms with Gasteiger partial charge in [0, 0.05) is 12.0 Å². The van der Waals surface area contributed by atoms with Gasteiger partial charge in [0.2, 0.25) is 0 Å². The monoisotopic (exact) mass is 370 g/mol. The van der Waals surface area contributed by atoms with Crippen LogP contribution in [-0.4, -0.2) is 29.8 Å². The summed E-state index contributed by atoms with van der Waals surface area (Å²) in [6.45, 7) is 3.68. The molecule has 0 unspecified atom stereocenters. The smallest absolute Gasteiger partial charge is 0.338 e. The normalized spacial score (nSPS) is 24.8. The molecule has 1 aromatic carbocycles. The lowest BCUT2D eigenvalue weighted by Gasteiger charge is -2.39. The maximum atomic E-state index is 12.4. The average Bonchev–Trinajstić information content (AvgIpc) is 3.21. The second-order valence-electron chi connectivity index (χ2n) is 6.54. The Morgan fingerprint density at radius 2 is 2.00 bits per heavy atom. The van der Waals surface area contributed by atoms with E-state index in [9.17, 15) is 14.7 Å². The van der Waals surface area contributed by atoms with Crippen LogP contribution in [0.4, 0.5) is 0 Å². The van der Waals surface area contributed by atoms with E-state index < -0.39 is 29.6 Å². The average molecular weight is 370 g/mol. The van der Waals surface area contributed by atoms with Crippen molar-refractivity contribution in [3.05, 3.63) is 71.7 Å². The van der Waals surface area contributed by atoms with Gasteiger partial charge in [-0.2, -0.15) is 0 Å². The lowest BCUT2D eigenvalue weighted by atomic mass is 9.72. The van der Waals surface area contributed by atoms with Crippen molar-refractivity contribution in [3.8, 4) is 0 Å². The van der Waals surface area contributed by atoms with Crippen molar-refractivity contribution in [2.45, 2.75) is 32.0 Å². The van der Waals surface area contributed by atoms with Gasteiger partial charge < -0.3 is 19.0 Å². The molecule has 3 rings (SSSR count). The van der Waals surface area contributed by atoms with Crippen LogP contribution < -0.4 is 0 Å². The maximum Gasteiger partial charge on any atom is 0.338 e. The zero-order valence-electron chi connectivity index (χ0n) is 15.3. The van der Waals surface area contributed by atoms with Crippen LogP contribution >= 0.6 is 0 Å². The van der Waals surface area contributed by atoms with Crippen LogP contribution in [0.5, 0.6) is 0 Å². The largest absolute Gasteiger partial charge is 0.472 e. The number of furan rings is 1. The molecule has 0 saturated heterocycles. The van der Waals surface area contributed by atoms with Crippen molar-refractivity contribution >= 4 is 11.9 Å². The first-order valence-corrected chi connectivity index (χ1v) is 8.81. The highest BCUT2D eigenvalue weighted by Crippen LogP contribution is 2.42. The number of aliphatic hydroxyl groups is 1. The second kappa shape index (κ2) is 7.80. The maximum absolute atomic E-state index is 12.4. The zero-order chi connectivity index (χ0) is 19.4. The number of carbonyl (C=O) groups excluding carboxylic acids is 2. The van der Waals surface area contributed by atoms with Crippen LogP contribution in [0.1, 0.15) is 36.2 Å². The molecule has 1 aliphatic rings.